The zero-order chi connectivity index (χ0) is 18.4. The highest BCUT2D eigenvalue weighted by atomic mass is 16.5. The summed E-state index contributed by atoms with van der Waals surface area (Å²) in [4.78, 5) is 17.4. The molecule has 1 aliphatic heterocycles. The van der Waals surface area contributed by atoms with E-state index in [1.54, 1.807) is 0 Å². The molecule has 144 valence electrons. The molecule has 0 unspecified atom stereocenters. The fraction of sp³-hybridized carbons (Fsp3) is 0.667. The Hall–Kier alpha value is -1.75. The minimum Gasteiger partial charge on any atom is -0.490 e. The summed E-state index contributed by atoms with van der Waals surface area (Å²) in [5, 5.41) is 0. The minimum absolute atomic E-state index is 0.230. The highest BCUT2D eigenvalue weighted by Gasteiger charge is 2.25. The number of ether oxygens (including phenoxy) is 2. The normalized spacial score (nSPS) is 17.8. The Kier molecular flexibility index (Phi) is 6.78. The van der Waals surface area contributed by atoms with Crippen LogP contribution in [-0.4, -0.2) is 62.1 Å². The summed E-state index contributed by atoms with van der Waals surface area (Å²) < 4.78 is 11.5. The Morgan fingerprint density at radius 3 is 2.46 bits per heavy atom. The van der Waals surface area contributed by atoms with E-state index in [0.717, 1.165) is 49.4 Å². The first-order valence-corrected chi connectivity index (χ1v) is 9.96. The number of hydrogen-bond donors (Lipinski definition) is 0. The first-order chi connectivity index (χ1) is 12.6. The summed E-state index contributed by atoms with van der Waals surface area (Å²) in [6.45, 7) is 3.07. The Labute approximate surface area is 157 Å². The van der Waals surface area contributed by atoms with E-state index in [-0.39, 0.29) is 5.91 Å². The highest BCUT2D eigenvalue weighted by Crippen LogP contribution is 2.31. The molecule has 0 bridgehead atoms. The quantitative estimate of drug-likeness (QED) is 0.782. The molecule has 0 spiro atoms. The first-order valence-electron chi connectivity index (χ1n) is 9.96. The Bertz CT molecular complexity index is 597. The molecule has 1 aliphatic carbocycles. The highest BCUT2D eigenvalue weighted by molar-refractivity contribution is 5.79. The van der Waals surface area contributed by atoms with E-state index >= 15 is 0 Å². The summed E-state index contributed by atoms with van der Waals surface area (Å²) in [5.41, 5.74) is 1.00. The van der Waals surface area contributed by atoms with Crippen LogP contribution >= 0.6 is 0 Å². The molecule has 3 rings (SSSR count). The van der Waals surface area contributed by atoms with E-state index < -0.39 is 0 Å². The third-order valence-corrected chi connectivity index (χ3v) is 5.29. The van der Waals surface area contributed by atoms with Crippen molar-refractivity contribution in [2.75, 3.05) is 40.4 Å². The van der Waals surface area contributed by atoms with Gasteiger partial charge in [0.15, 0.2) is 11.5 Å². The van der Waals surface area contributed by atoms with Crippen LogP contribution in [-0.2, 0) is 11.2 Å². The maximum atomic E-state index is 13.1. The lowest BCUT2D eigenvalue weighted by Gasteiger charge is -2.35. The van der Waals surface area contributed by atoms with Gasteiger partial charge in [-0.15, -0.1) is 0 Å². The minimum atomic E-state index is 0.230. The molecule has 1 aromatic carbocycles. The third-order valence-electron chi connectivity index (χ3n) is 5.29. The first kappa shape index (κ1) is 19.0. The zero-order valence-corrected chi connectivity index (χ0v) is 16.2. The van der Waals surface area contributed by atoms with Crippen molar-refractivity contribution >= 4 is 5.91 Å². The van der Waals surface area contributed by atoms with Crippen LogP contribution < -0.4 is 9.47 Å². The lowest BCUT2D eigenvalue weighted by Crippen LogP contribution is -2.45. The SMILES string of the molecule is CN(C)CCN(C(=O)Cc1ccc2c(c1)OCCCO2)C1CCCCC1. The van der Waals surface area contributed by atoms with Gasteiger partial charge >= 0.3 is 0 Å². The maximum absolute atomic E-state index is 13.1. The average molecular weight is 360 g/mol. The maximum Gasteiger partial charge on any atom is 0.227 e. The van der Waals surface area contributed by atoms with Gasteiger partial charge in [-0.25, -0.2) is 0 Å². The molecule has 0 atom stereocenters. The van der Waals surface area contributed by atoms with E-state index in [4.69, 9.17) is 9.47 Å². The van der Waals surface area contributed by atoms with Crippen molar-refractivity contribution < 1.29 is 14.3 Å². The molecule has 0 radical (unpaired) electrons. The summed E-state index contributed by atoms with van der Waals surface area (Å²) in [6.07, 6.45) is 7.37. The van der Waals surface area contributed by atoms with Gasteiger partial charge in [0, 0.05) is 25.6 Å². The van der Waals surface area contributed by atoms with Crippen molar-refractivity contribution in [1.82, 2.24) is 9.80 Å². The number of rotatable bonds is 6. The van der Waals surface area contributed by atoms with Crippen molar-refractivity contribution in [1.29, 1.82) is 0 Å². The van der Waals surface area contributed by atoms with Gasteiger partial charge in [-0.2, -0.15) is 0 Å². The van der Waals surface area contributed by atoms with Gasteiger partial charge in [0.25, 0.3) is 0 Å². The van der Waals surface area contributed by atoms with Gasteiger partial charge < -0.3 is 19.3 Å². The predicted octanol–water partition coefficient (Wildman–Crippen LogP) is 3.11. The molecular formula is C21H32N2O3. The molecular weight excluding hydrogens is 328 g/mol. The number of carbonyl (C=O) groups excluding carboxylic acids is 1. The second kappa shape index (κ2) is 9.26. The number of fused-ring (bicyclic) bond motifs is 1. The molecule has 2 aliphatic rings. The fourth-order valence-corrected chi connectivity index (χ4v) is 3.81. The van der Waals surface area contributed by atoms with Crippen LogP contribution in [0.5, 0.6) is 11.5 Å². The molecule has 1 fully saturated rings. The van der Waals surface area contributed by atoms with Crippen molar-refractivity contribution in [2.24, 2.45) is 0 Å². The summed E-state index contributed by atoms with van der Waals surface area (Å²) in [6, 6.07) is 6.31. The molecule has 1 saturated carbocycles. The smallest absolute Gasteiger partial charge is 0.227 e. The van der Waals surface area contributed by atoms with E-state index in [9.17, 15) is 4.79 Å². The number of hydrogen-bond acceptors (Lipinski definition) is 4. The van der Waals surface area contributed by atoms with Crippen LogP contribution in [0, 0.1) is 0 Å². The van der Waals surface area contributed by atoms with Gasteiger partial charge in [0.1, 0.15) is 0 Å². The molecule has 1 aromatic rings. The van der Waals surface area contributed by atoms with Gasteiger partial charge in [0.2, 0.25) is 5.91 Å². The number of carbonyl (C=O) groups is 1. The van der Waals surface area contributed by atoms with Crippen LogP contribution in [0.2, 0.25) is 0 Å². The summed E-state index contributed by atoms with van der Waals surface area (Å²) >= 11 is 0. The Balaban J connectivity index is 1.69. The number of likely N-dealkylation sites (N-methyl/N-ethyl adjacent to an activating group) is 1. The van der Waals surface area contributed by atoms with Crippen molar-refractivity contribution in [3.05, 3.63) is 23.8 Å². The van der Waals surface area contributed by atoms with Crippen molar-refractivity contribution in [3.63, 3.8) is 0 Å². The van der Waals surface area contributed by atoms with E-state index in [1.165, 1.54) is 19.3 Å². The van der Waals surface area contributed by atoms with E-state index in [1.807, 2.05) is 18.2 Å². The van der Waals surface area contributed by atoms with Gasteiger partial charge in [-0.3, -0.25) is 4.79 Å². The van der Waals surface area contributed by atoms with Crippen molar-refractivity contribution in [3.8, 4) is 11.5 Å². The largest absolute Gasteiger partial charge is 0.490 e. The van der Waals surface area contributed by atoms with E-state index in [2.05, 4.69) is 23.9 Å². The topological polar surface area (TPSA) is 42.0 Å². The Morgan fingerprint density at radius 1 is 1.00 bits per heavy atom. The van der Waals surface area contributed by atoms with E-state index in [0.29, 0.717) is 25.7 Å². The second-order valence-corrected chi connectivity index (χ2v) is 7.69. The van der Waals surface area contributed by atoms with Gasteiger partial charge in [-0.1, -0.05) is 25.3 Å². The van der Waals surface area contributed by atoms with Crippen LogP contribution in [0.4, 0.5) is 0 Å². The number of amides is 1. The zero-order valence-electron chi connectivity index (χ0n) is 16.2. The van der Waals surface area contributed by atoms with Crippen molar-refractivity contribution in [2.45, 2.75) is 51.0 Å². The predicted molar refractivity (Wildman–Crippen MR) is 103 cm³/mol. The lowest BCUT2D eigenvalue weighted by molar-refractivity contribution is -0.133. The number of benzene rings is 1. The molecule has 5 nitrogen and oxygen atoms in total. The van der Waals surface area contributed by atoms with Crippen LogP contribution in [0.1, 0.15) is 44.1 Å². The average Bonchev–Trinajstić information content (AvgIpc) is 2.87. The third kappa shape index (κ3) is 5.13. The van der Waals surface area contributed by atoms with Gasteiger partial charge in [-0.05, 0) is 44.6 Å². The second-order valence-electron chi connectivity index (χ2n) is 7.69. The summed E-state index contributed by atoms with van der Waals surface area (Å²) in [7, 11) is 4.13. The van der Waals surface area contributed by atoms with Gasteiger partial charge in [0.05, 0.1) is 19.6 Å². The fourth-order valence-electron chi connectivity index (χ4n) is 3.81. The number of nitrogens with zero attached hydrogens (tertiary/aromatic N) is 2. The molecule has 1 heterocycles. The standard InChI is InChI=1S/C21H32N2O3/c1-22(2)11-12-23(18-7-4-3-5-8-18)21(24)16-17-9-10-19-20(15-17)26-14-6-13-25-19/h9-10,15,18H,3-8,11-14,16H2,1-2H3. The van der Waals surface area contributed by atoms with Crippen LogP contribution in [0.3, 0.4) is 0 Å². The van der Waals surface area contributed by atoms with Crippen LogP contribution in [0.15, 0.2) is 18.2 Å². The monoisotopic (exact) mass is 360 g/mol. The molecule has 0 N–H and O–H groups in total. The summed E-state index contributed by atoms with van der Waals surface area (Å²) in [5.74, 6) is 1.79. The lowest BCUT2D eigenvalue weighted by atomic mass is 9.93. The van der Waals surface area contributed by atoms with Crippen LogP contribution in [0.25, 0.3) is 0 Å². The Morgan fingerprint density at radius 2 is 1.73 bits per heavy atom. The molecule has 0 aromatic heterocycles. The molecule has 0 saturated heterocycles. The molecule has 1 amide bonds. The molecule has 5 heteroatoms. The molecule has 26 heavy (non-hydrogen) atoms.